The highest BCUT2D eigenvalue weighted by atomic mass is 32.1. The molecular formula is C44H23N3OS. The molecule has 0 aliphatic rings. The Morgan fingerprint density at radius 2 is 1.16 bits per heavy atom. The van der Waals surface area contributed by atoms with Crippen molar-refractivity contribution in [2.45, 2.75) is 0 Å². The lowest BCUT2D eigenvalue weighted by Gasteiger charge is -2.14. The number of hydrogen-bond donors (Lipinski definition) is 0. The smallest absolute Gasteiger partial charge is 0.136 e. The highest BCUT2D eigenvalue weighted by Gasteiger charge is 2.18. The van der Waals surface area contributed by atoms with E-state index in [-0.39, 0.29) is 0 Å². The second-order valence-electron chi connectivity index (χ2n) is 12.4. The second kappa shape index (κ2) is 10.4. The van der Waals surface area contributed by atoms with Crippen molar-refractivity contribution in [2.75, 3.05) is 0 Å². The van der Waals surface area contributed by atoms with Crippen LogP contribution in [0.4, 0.5) is 0 Å². The number of para-hydroxylation sites is 2. The first-order valence-corrected chi connectivity index (χ1v) is 16.8. The molecule has 7 aromatic carbocycles. The molecule has 226 valence electrons. The summed E-state index contributed by atoms with van der Waals surface area (Å²) in [5.74, 6) is 0. The van der Waals surface area contributed by atoms with Gasteiger partial charge in [0.05, 0.1) is 34.3 Å². The summed E-state index contributed by atoms with van der Waals surface area (Å²) in [4.78, 5) is 0. The molecule has 0 unspecified atom stereocenters. The molecule has 0 amide bonds. The Morgan fingerprint density at radius 1 is 0.449 bits per heavy atom. The lowest BCUT2D eigenvalue weighted by Crippen LogP contribution is -1.96. The number of hydrogen-bond acceptors (Lipinski definition) is 4. The van der Waals surface area contributed by atoms with Gasteiger partial charge in [-0.15, -0.1) is 11.3 Å². The van der Waals surface area contributed by atoms with Crippen molar-refractivity contribution in [3.05, 3.63) is 151 Å². The molecule has 0 aliphatic heterocycles. The van der Waals surface area contributed by atoms with Crippen molar-refractivity contribution in [3.63, 3.8) is 0 Å². The fraction of sp³-hybridized carbons (Fsp3) is 0. The van der Waals surface area contributed by atoms with Crippen LogP contribution >= 0.6 is 11.3 Å². The Morgan fingerprint density at radius 3 is 2.00 bits per heavy atom. The van der Waals surface area contributed by atoms with Gasteiger partial charge in [0, 0.05) is 47.4 Å². The minimum absolute atomic E-state index is 0.620. The van der Waals surface area contributed by atoms with Crippen LogP contribution in [0.5, 0.6) is 0 Å². The van der Waals surface area contributed by atoms with Gasteiger partial charge in [-0.25, -0.2) is 0 Å². The second-order valence-corrected chi connectivity index (χ2v) is 13.5. The predicted molar refractivity (Wildman–Crippen MR) is 201 cm³/mol. The summed E-state index contributed by atoms with van der Waals surface area (Å²) >= 11 is 1.74. The molecule has 0 fully saturated rings. The van der Waals surface area contributed by atoms with E-state index >= 15 is 0 Å². The van der Waals surface area contributed by atoms with Gasteiger partial charge < -0.3 is 8.98 Å². The lowest BCUT2D eigenvalue weighted by atomic mass is 9.96. The third-order valence-electron chi connectivity index (χ3n) is 9.60. The lowest BCUT2D eigenvalue weighted by molar-refractivity contribution is 0.669. The average molecular weight is 642 g/mol. The minimum Gasteiger partial charge on any atom is -0.456 e. The summed E-state index contributed by atoms with van der Waals surface area (Å²) in [5.41, 5.74) is 10.4. The van der Waals surface area contributed by atoms with Gasteiger partial charge in [-0.3, -0.25) is 0 Å². The Kier molecular flexibility index (Phi) is 5.84. The molecule has 3 heterocycles. The van der Waals surface area contributed by atoms with E-state index in [0.717, 1.165) is 87.2 Å². The van der Waals surface area contributed by atoms with Gasteiger partial charge in [-0.1, -0.05) is 54.6 Å². The molecule has 3 aromatic heterocycles. The van der Waals surface area contributed by atoms with Gasteiger partial charge in [-0.2, -0.15) is 10.5 Å². The van der Waals surface area contributed by atoms with Gasteiger partial charge in [0.1, 0.15) is 11.2 Å². The van der Waals surface area contributed by atoms with E-state index in [2.05, 4.69) is 108 Å². The first kappa shape index (κ1) is 27.5. The molecule has 0 radical (unpaired) electrons. The third-order valence-corrected chi connectivity index (χ3v) is 10.8. The zero-order valence-electron chi connectivity index (χ0n) is 25.9. The fourth-order valence-corrected chi connectivity index (χ4v) is 8.40. The van der Waals surface area contributed by atoms with Crippen LogP contribution in [0.1, 0.15) is 11.1 Å². The zero-order valence-corrected chi connectivity index (χ0v) is 26.8. The standard InChI is InChI=1S/C44H23N3OS/c45-24-26-6-5-7-28(16-26)30-18-31(29-13-15-44-38(21-29)37-17-27(25-46)12-14-43(37)49-44)20-32(19-30)47-39-10-3-1-8-33(39)35-23-42-36(22-40(35)47)34-9-2-4-11-41(34)48-42/h1-23H. The molecule has 5 heteroatoms. The van der Waals surface area contributed by atoms with E-state index in [4.69, 9.17) is 4.42 Å². The number of aromatic nitrogens is 1. The molecule has 0 saturated heterocycles. The maximum atomic E-state index is 9.75. The molecule has 10 rings (SSSR count). The highest BCUT2D eigenvalue weighted by molar-refractivity contribution is 7.25. The van der Waals surface area contributed by atoms with Crippen LogP contribution in [-0.4, -0.2) is 4.57 Å². The molecule has 10 aromatic rings. The maximum Gasteiger partial charge on any atom is 0.136 e. The fourth-order valence-electron chi connectivity index (χ4n) is 7.33. The van der Waals surface area contributed by atoms with E-state index < -0.39 is 0 Å². The molecule has 4 nitrogen and oxygen atoms in total. The Bertz CT molecular complexity index is 3090. The molecular weight excluding hydrogens is 619 g/mol. The van der Waals surface area contributed by atoms with Crippen molar-refractivity contribution < 1.29 is 4.42 Å². The monoisotopic (exact) mass is 641 g/mol. The van der Waals surface area contributed by atoms with Gasteiger partial charge in [0.2, 0.25) is 0 Å². The van der Waals surface area contributed by atoms with Crippen LogP contribution in [0.15, 0.2) is 144 Å². The number of nitriles is 2. The summed E-state index contributed by atoms with van der Waals surface area (Å²) in [7, 11) is 0. The first-order valence-electron chi connectivity index (χ1n) is 16.0. The Balaban J connectivity index is 1.28. The molecule has 0 aliphatic carbocycles. The SMILES string of the molecule is N#Cc1cccc(-c2cc(-c3ccc4sc5ccc(C#N)cc5c4c3)cc(-n3c4ccccc4c4cc5oc6ccccc6c5cc43)c2)c1. The first-order chi connectivity index (χ1) is 24.1. The highest BCUT2D eigenvalue weighted by Crippen LogP contribution is 2.41. The van der Waals surface area contributed by atoms with Crippen LogP contribution < -0.4 is 0 Å². The summed E-state index contributed by atoms with van der Waals surface area (Å²) in [6.45, 7) is 0. The molecule has 0 saturated carbocycles. The van der Waals surface area contributed by atoms with Crippen LogP contribution in [-0.2, 0) is 0 Å². The van der Waals surface area contributed by atoms with E-state index in [1.165, 1.54) is 4.70 Å². The van der Waals surface area contributed by atoms with Crippen LogP contribution in [0.2, 0.25) is 0 Å². The van der Waals surface area contributed by atoms with Gasteiger partial charge in [0.15, 0.2) is 0 Å². The molecule has 0 spiro atoms. The van der Waals surface area contributed by atoms with Crippen LogP contribution in [0.25, 0.3) is 91.9 Å². The summed E-state index contributed by atoms with van der Waals surface area (Å²) < 4.78 is 11.0. The van der Waals surface area contributed by atoms with E-state index in [0.29, 0.717) is 11.1 Å². The number of benzene rings is 7. The molecule has 0 N–H and O–H groups in total. The van der Waals surface area contributed by atoms with Crippen molar-refractivity contribution in [1.29, 1.82) is 10.5 Å². The zero-order chi connectivity index (χ0) is 32.6. The summed E-state index contributed by atoms with van der Waals surface area (Å²) in [6, 6.07) is 52.8. The van der Waals surface area contributed by atoms with Crippen LogP contribution in [0.3, 0.4) is 0 Å². The Hall–Kier alpha value is -6.66. The third kappa shape index (κ3) is 4.21. The summed E-state index contributed by atoms with van der Waals surface area (Å²) in [6.07, 6.45) is 0. The quantitative estimate of drug-likeness (QED) is 0.193. The van der Waals surface area contributed by atoms with Crippen molar-refractivity contribution in [1.82, 2.24) is 4.57 Å². The number of rotatable bonds is 3. The van der Waals surface area contributed by atoms with Crippen molar-refractivity contribution in [2.24, 2.45) is 0 Å². The van der Waals surface area contributed by atoms with Gasteiger partial charge in [-0.05, 0) is 107 Å². The predicted octanol–water partition coefficient (Wildman–Crippen LogP) is 12.1. The molecule has 0 atom stereocenters. The van der Waals surface area contributed by atoms with Crippen LogP contribution in [0, 0.1) is 22.7 Å². The number of nitrogens with zero attached hydrogens (tertiary/aromatic N) is 3. The summed E-state index contributed by atoms with van der Waals surface area (Å²) in [5, 5.41) is 26.0. The number of furan rings is 1. The maximum absolute atomic E-state index is 9.75. The van der Waals surface area contributed by atoms with Gasteiger partial charge in [0.25, 0.3) is 0 Å². The topological polar surface area (TPSA) is 65.7 Å². The van der Waals surface area contributed by atoms with E-state index in [1.807, 2.05) is 48.5 Å². The molecule has 0 bridgehead atoms. The van der Waals surface area contributed by atoms with E-state index in [1.54, 1.807) is 11.3 Å². The van der Waals surface area contributed by atoms with E-state index in [9.17, 15) is 10.5 Å². The Labute approximate surface area is 284 Å². The van der Waals surface area contributed by atoms with Crippen molar-refractivity contribution >= 4 is 75.3 Å². The van der Waals surface area contributed by atoms with Gasteiger partial charge >= 0.3 is 0 Å². The minimum atomic E-state index is 0.620. The number of fused-ring (bicyclic) bond motifs is 9. The van der Waals surface area contributed by atoms with Crippen molar-refractivity contribution in [3.8, 4) is 40.1 Å². The average Bonchev–Trinajstić information content (AvgIpc) is 3.82. The normalized spacial score (nSPS) is 11.6. The molecule has 49 heavy (non-hydrogen) atoms. The number of thiophene rings is 1. The largest absolute Gasteiger partial charge is 0.456 e.